The predicted molar refractivity (Wildman–Crippen MR) is 55.7 cm³/mol. The third kappa shape index (κ3) is 2.40. The molecular formula is C10H17F2NS. The molecule has 1 saturated heterocycles. The Morgan fingerprint density at radius 3 is 2.57 bits per heavy atom. The normalized spacial score (nSPS) is 34.1. The summed E-state index contributed by atoms with van der Waals surface area (Å²) in [4.78, 5) is 0. The first-order valence-electron chi connectivity index (χ1n) is 5.28. The Bertz CT molecular complexity index is 206. The molecule has 1 heterocycles. The Kier molecular flexibility index (Phi) is 3.03. The summed E-state index contributed by atoms with van der Waals surface area (Å²) in [5.41, 5.74) is 5.99. The van der Waals surface area contributed by atoms with Gasteiger partial charge in [0.2, 0.25) is 5.92 Å². The first kappa shape index (κ1) is 10.7. The molecule has 0 aromatic heterocycles. The lowest BCUT2D eigenvalue weighted by molar-refractivity contribution is 0.00430. The minimum atomic E-state index is -2.40. The highest BCUT2D eigenvalue weighted by Gasteiger charge is 2.40. The number of hydrogen-bond donors (Lipinski definition) is 1. The second kappa shape index (κ2) is 3.97. The first-order valence-corrected chi connectivity index (χ1v) is 6.43. The van der Waals surface area contributed by atoms with Gasteiger partial charge in [-0.15, -0.1) is 0 Å². The highest BCUT2D eigenvalue weighted by atomic mass is 32.2. The van der Waals surface area contributed by atoms with Crippen LogP contribution < -0.4 is 5.73 Å². The number of nitrogens with two attached hydrogens (primary N) is 1. The van der Waals surface area contributed by atoms with Crippen LogP contribution in [0, 0.1) is 11.8 Å². The van der Waals surface area contributed by atoms with Crippen LogP contribution in [-0.2, 0) is 0 Å². The van der Waals surface area contributed by atoms with Crippen LogP contribution >= 0.6 is 11.8 Å². The van der Waals surface area contributed by atoms with E-state index in [1.165, 1.54) is 0 Å². The molecule has 82 valence electrons. The van der Waals surface area contributed by atoms with Crippen molar-refractivity contribution in [1.29, 1.82) is 0 Å². The topological polar surface area (TPSA) is 26.0 Å². The van der Waals surface area contributed by atoms with Crippen molar-refractivity contribution in [3.8, 4) is 0 Å². The van der Waals surface area contributed by atoms with E-state index in [9.17, 15) is 8.78 Å². The Hall–Kier alpha value is 0.170. The molecule has 0 aromatic carbocycles. The number of thioether (sulfide) groups is 1. The average molecular weight is 221 g/mol. The molecule has 1 aliphatic heterocycles. The molecule has 2 aliphatic rings. The van der Waals surface area contributed by atoms with Crippen molar-refractivity contribution in [3.05, 3.63) is 0 Å². The summed E-state index contributed by atoms with van der Waals surface area (Å²) in [7, 11) is 0. The molecule has 1 nitrogen and oxygen atoms in total. The Labute approximate surface area is 87.8 Å². The molecule has 0 aromatic rings. The number of alkyl halides is 2. The lowest BCUT2D eigenvalue weighted by Gasteiger charge is -2.32. The van der Waals surface area contributed by atoms with Crippen molar-refractivity contribution in [1.82, 2.24) is 0 Å². The predicted octanol–water partition coefficient (Wildman–Crippen LogP) is 2.50. The Balaban J connectivity index is 1.75. The molecule has 2 rings (SSSR count). The van der Waals surface area contributed by atoms with Crippen molar-refractivity contribution < 1.29 is 8.78 Å². The number of hydrogen-bond acceptors (Lipinski definition) is 2. The van der Waals surface area contributed by atoms with Gasteiger partial charge in [-0.1, -0.05) is 0 Å². The summed E-state index contributed by atoms with van der Waals surface area (Å²) in [6, 6.07) is 0.162. The summed E-state index contributed by atoms with van der Waals surface area (Å²) in [6.07, 6.45) is 1.62. The van der Waals surface area contributed by atoms with E-state index < -0.39 is 5.92 Å². The fourth-order valence-corrected chi connectivity index (χ4v) is 3.32. The zero-order valence-corrected chi connectivity index (χ0v) is 9.03. The number of halogens is 2. The second-order valence-electron chi connectivity index (χ2n) is 4.66. The van der Waals surface area contributed by atoms with Gasteiger partial charge >= 0.3 is 0 Å². The first-order chi connectivity index (χ1) is 6.57. The molecule has 0 spiro atoms. The van der Waals surface area contributed by atoms with Gasteiger partial charge < -0.3 is 5.73 Å². The molecule has 2 fully saturated rings. The van der Waals surface area contributed by atoms with E-state index in [-0.39, 0.29) is 24.8 Å². The molecule has 14 heavy (non-hydrogen) atoms. The van der Waals surface area contributed by atoms with Gasteiger partial charge in [-0.25, -0.2) is 8.78 Å². The van der Waals surface area contributed by atoms with Gasteiger partial charge in [0.15, 0.2) is 0 Å². The zero-order chi connectivity index (χ0) is 10.2. The van der Waals surface area contributed by atoms with Crippen LogP contribution in [0.1, 0.15) is 25.7 Å². The van der Waals surface area contributed by atoms with Gasteiger partial charge in [0.05, 0.1) is 0 Å². The highest BCUT2D eigenvalue weighted by Crippen LogP contribution is 2.42. The van der Waals surface area contributed by atoms with Crippen molar-refractivity contribution in [3.63, 3.8) is 0 Å². The fourth-order valence-electron chi connectivity index (χ4n) is 2.32. The molecule has 1 aliphatic carbocycles. The van der Waals surface area contributed by atoms with E-state index in [1.807, 2.05) is 11.8 Å². The van der Waals surface area contributed by atoms with Crippen molar-refractivity contribution in [2.75, 3.05) is 11.5 Å². The van der Waals surface area contributed by atoms with Gasteiger partial charge in [-0.3, -0.25) is 0 Å². The maximum atomic E-state index is 12.9. The quantitative estimate of drug-likeness (QED) is 0.792. The van der Waals surface area contributed by atoms with Crippen LogP contribution in [-0.4, -0.2) is 23.5 Å². The Morgan fingerprint density at radius 2 is 2.14 bits per heavy atom. The molecule has 2 N–H and O–H groups in total. The van der Waals surface area contributed by atoms with E-state index in [0.29, 0.717) is 12.3 Å². The summed E-state index contributed by atoms with van der Waals surface area (Å²) >= 11 is 1.90. The van der Waals surface area contributed by atoms with E-state index in [1.54, 1.807) is 0 Å². The molecule has 0 radical (unpaired) electrons. The third-order valence-electron chi connectivity index (χ3n) is 3.38. The van der Waals surface area contributed by atoms with Gasteiger partial charge in [-0.05, 0) is 36.2 Å². The van der Waals surface area contributed by atoms with Gasteiger partial charge in [0.1, 0.15) is 0 Å². The lowest BCUT2D eigenvalue weighted by Crippen LogP contribution is -2.39. The van der Waals surface area contributed by atoms with Crippen LogP contribution in [0.25, 0.3) is 0 Å². The van der Waals surface area contributed by atoms with Crippen LogP contribution in [0.5, 0.6) is 0 Å². The smallest absolute Gasteiger partial charge is 0.248 e. The van der Waals surface area contributed by atoms with Crippen LogP contribution in [0.4, 0.5) is 8.78 Å². The maximum absolute atomic E-state index is 12.9. The molecule has 2 unspecified atom stereocenters. The van der Waals surface area contributed by atoms with Crippen LogP contribution in [0.15, 0.2) is 0 Å². The highest BCUT2D eigenvalue weighted by molar-refractivity contribution is 8.00. The van der Waals surface area contributed by atoms with Gasteiger partial charge in [0.25, 0.3) is 0 Å². The second-order valence-corrected chi connectivity index (χ2v) is 5.74. The zero-order valence-electron chi connectivity index (χ0n) is 8.22. The molecule has 1 saturated carbocycles. The van der Waals surface area contributed by atoms with Gasteiger partial charge in [-0.2, -0.15) is 11.8 Å². The summed E-state index contributed by atoms with van der Waals surface area (Å²) in [6.45, 7) is 0. The largest absolute Gasteiger partial charge is 0.327 e. The van der Waals surface area contributed by atoms with Crippen molar-refractivity contribution >= 4 is 11.8 Å². The van der Waals surface area contributed by atoms with Crippen LogP contribution in [0.2, 0.25) is 0 Å². The summed E-state index contributed by atoms with van der Waals surface area (Å²) in [5.74, 6) is 0.618. The van der Waals surface area contributed by atoms with Gasteiger partial charge in [0, 0.05) is 18.9 Å². The molecule has 0 amide bonds. The lowest BCUT2D eigenvalue weighted by atomic mass is 9.91. The van der Waals surface area contributed by atoms with E-state index in [2.05, 4.69) is 0 Å². The van der Waals surface area contributed by atoms with E-state index in [0.717, 1.165) is 17.9 Å². The SMILES string of the molecule is NC(CC1CCC(F)(F)C1)C1CSC1. The van der Waals surface area contributed by atoms with Crippen LogP contribution in [0.3, 0.4) is 0 Å². The summed E-state index contributed by atoms with van der Waals surface area (Å²) in [5, 5.41) is 0. The molecular weight excluding hydrogens is 204 g/mol. The van der Waals surface area contributed by atoms with E-state index in [4.69, 9.17) is 5.73 Å². The monoisotopic (exact) mass is 221 g/mol. The Morgan fingerprint density at radius 1 is 1.43 bits per heavy atom. The third-order valence-corrected chi connectivity index (χ3v) is 4.71. The average Bonchev–Trinajstić information content (AvgIpc) is 2.25. The minimum Gasteiger partial charge on any atom is -0.327 e. The van der Waals surface area contributed by atoms with Crippen molar-refractivity contribution in [2.45, 2.75) is 37.6 Å². The maximum Gasteiger partial charge on any atom is 0.248 e. The van der Waals surface area contributed by atoms with Crippen molar-refractivity contribution in [2.24, 2.45) is 17.6 Å². The standard InChI is InChI=1S/C10H17F2NS/c11-10(12)2-1-7(4-10)3-9(13)8-5-14-6-8/h7-9H,1-6,13H2. The minimum absolute atomic E-state index is 0.0700. The fraction of sp³-hybridized carbons (Fsp3) is 1.00. The molecule has 0 bridgehead atoms. The summed E-state index contributed by atoms with van der Waals surface area (Å²) < 4.78 is 25.8. The molecule has 2 atom stereocenters. The van der Waals surface area contributed by atoms with E-state index >= 15 is 0 Å². The number of rotatable bonds is 3. The molecule has 4 heteroatoms.